The van der Waals surface area contributed by atoms with Crippen LogP contribution < -0.4 is 10.6 Å². The molecule has 1 fully saturated rings. The Hall–Kier alpha value is -1.07. The maximum atomic E-state index is 12.6. The minimum Gasteiger partial charge on any atom is -0.381 e. The fourth-order valence-electron chi connectivity index (χ4n) is 2.77. The Balaban J connectivity index is 2.37. The first-order valence-corrected chi connectivity index (χ1v) is 11.3. The number of nitrogens with zero attached hydrogens (tertiary/aromatic N) is 2. The van der Waals surface area contributed by atoms with Crippen molar-refractivity contribution in [3.8, 4) is 0 Å². The second kappa shape index (κ2) is 12.5. The lowest BCUT2D eigenvalue weighted by Gasteiger charge is -2.30. The van der Waals surface area contributed by atoms with Gasteiger partial charge < -0.3 is 15.4 Å². The zero-order valence-corrected chi connectivity index (χ0v) is 17.5. The summed E-state index contributed by atoms with van der Waals surface area (Å²) in [5, 5.41) is 6.34. The number of ether oxygens (including phenoxy) is 1. The average molecular weight is 431 g/mol. The molecule has 11 heteroatoms. The summed E-state index contributed by atoms with van der Waals surface area (Å²) in [5.41, 5.74) is -5.24. The molecule has 0 bridgehead atoms. The highest BCUT2D eigenvalue weighted by Gasteiger charge is 2.50. The van der Waals surface area contributed by atoms with Gasteiger partial charge in [-0.15, -0.1) is 0 Å². The summed E-state index contributed by atoms with van der Waals surface area (Å²) in [6.07, 6.45) is 3.74. The monoisotopic (exact) mass is 430 g/mol. The van der Waals surface area contributed by atoms with E-state index in [4.69, 9.17) is 4.74 Å². The van der Waals surface area contributed by atoms with Gasteiger partial charge in [0.1, 0.15) is 0 Å². The average Bonchev–Trinajstić information content (AvgIpc) is 2.64. The van der Waals surface area contributed by atoms with E-state index in [1.165, 1.54) is 0 Å². The maximum absolute atomic E-state index is 12.6. The van der Waals surface area contributed by atoms with E-state index in [9.17, 15) is 21.6 Å². The van der Waals surface area contributed by atoms with Crippen molar-refractivity contribution in [3.05, 3.63) is 0 Å². The van der Waals surface area contributed by atoms with Gasteiger partial charge in [-0.3, -0.25) is 4.99 Å². The lowest BCUT2D eigenvalue weighted by atomic mass is 9.98. The highest BCUT2D eigenvalue weighted by molar-refractivity contribution is 7.90. The molecule has 2 N–H and O–H groups in total. The molecule has 1 aliphatic heterocycles. The largest absolute Gasteiger partial charge is 0.511 e. The summed E-state index contributed by atoms with van der Waals surface area (Å²) < 4.78 is 66.7. The highest BCUT2D eigenvalue weighted by Crippen LogP contribution is 2.30. The second-order valence-electron chi connectivity index (χ2n) is 6.76. The number of aliphatic imine (C=N–C) groups is 1. The Labute approximate surface area is 166 Å². The molecule has 1 saturated heterocycles. The van der Waals surface area contributed by atoms with Gasteiger partial charge in [0.15, 0.2) is 5.96 Å². The number of hydrogen-bond donors (Lipinski definition) is 2. The summed E-state index contributed by atoms with van der Waals surface area (Å²) in [5.74, 6) is 0.717. The molecule has 28 heavy (non-hydrogen) atoms. The van der Waals surface area contributed by atoms with Crippen LogP contribution >= 0.6 is 0 Å². The number of alkyl halides is 3. The minimum absolute atomic E-state index is 0.0625. The zero-order chi connectivity index (χ0) is 21.0. The van der Waals surface area contributed by atoms with Crippen LogP contribution in [0.3, 0.4) is 0 Å². The van der Waals surface area contributed by atoms with E-state index >= 15 is 0 Å². The Morgan fingerprint density at radius 3 is 2.36 bits per heavy atom. The van der Waals surface area contributed by atoms with Crippen molar-refractivity contribution in [2.24, 2.45) is 10.9 Å². The molecule has 1 heterocycles. The lowest BCUT2D eigenvalue weighted by Crippen LogP contribution is -2.45. The summed E-state index contributed by atoms with van der Waals surface area (Å²) in [4.78, 5) is 4.48. The normalized spacial score (nSPS) is 17.7. The molecule has 0 aromatic rings. The van der Waals surface area contributed by atoms with Crippen LogP contribution in [0.5, 0.6) is 0 Å². The van der Waals surface area contributed by atoms with Crippen LogP contribution in [-0.4, -0.2) is 70.1 Å². The van der Waals surface area contributed by atoms with Gasteiger partial charge in [0.25, 0.3) is 0 Å². The van der Waals surface area contributed by atoms with Crippen molar-refractivity contribution in [1.29, 1.82) is 0 Å². The highest BCUT2D eigenvalue weighted by atomic mass is 32.2. The molecule has 1 aliphatic rings. The number of unbranched alkanes of at least 4 members (excludes halogenated alkanes) is 1. The molecule has 0 amide bonds. The first-order chi connectivity index (χ1) is 13.2. The predicted octanol–water partition coefficient (Wildman–Crippen LogP) is 2.31. The molecule has 7 nitrogen and oxygen atoms in total. The van der Waals surface area contributed by atoms with Crippen molar-refractivity contribution in [2.75, 3.05) is 45.9 Å². The Morgan fingerprint density at radius 1 is 1.14 bits per heavy atom. The number of rotatable bonds is 11. The Morgan fingerprint density at radius 2 is 1.79 bits per heavy atom. The first kappa shape index (κ1) is 25.0. The van der Waals surface area contributed by atoms with Crippen molar-refractivity contribution in [2.45, 2.75) is 51.5 Å². The third-order valence-corrected chi connectivity index (χ3v) is 6.09. The number of piperidine rings is 1. The summed E-state index contributed by atoms with van der Waals surface area (Å²) >= 11 is 0. The molecule has 0 aromatic heterocycles. The molecular formula is C17H33F3N4O3S. The van der Waals surface area contributed by atoms with E-state index in [1.54, 1.807) is 0 Å². The van der Waals surface area contributed by atoms with E-state index < -0.39 is 15.5 Å². The zero-order valence-electron chi connectivity index (χ0n) is 16.7. The molecule has 0 spiro atoms. The molecule has 166 valence electrons. The Bertz CT molecular complexity index is 562. The van der Waals surface area contributed by atoms with E-state index in [0.717, 1.165) is 25.9 Å². The maximum Gasteiger partial charge on any atom is 0.511 e. The molecule has 0 atom stereocenters. The first-order valence-electron chi connectivity index (χ1n) is 9.88. The van der Waals surface area contributed by atoms with E-state index in [2.05, 4.69) is 22.5 Å². The second-order valence-corrected chi connectivity index (χ2v) is 8.69. The summed E-state index contributed by atoms with van der Waals surface area (Å²) in [6.45, 7) is 7.12. The predicted molar refractivity (Wildman–Crippen MR) is 104 cm³/mol. The van der Waals surface area contributed by atoms with Crippen LogP contribution in [0, 0.1) is 5.92 Å². The van der Waals surface area contributed by atoms with Crippen molar-refractivity contribution in [3.63, 3.8) is 0 Å². The SMILES string of the molecule is CCCCOCCCNC(=NCC1CCN(S(=O)(=O)C(F)(F)F)CC1)NCC. The summed E-state index contributed by atoms with van der Waals surface area (Å²) in [7, 11) is -5.23. The number of hydrogen-bond acceptors (Lipinski definition) is 4. The van der Waals surface area contributed by atoms with Crippen LogP contribution in [-0.2, 0) is 14.8 Å². The van der Waals surface area contributed by atoms with Gasteiger partial charge in [-0.1, -0.05) is 13.3 Å². The molecule has 0 saturated carbocycles. The van der Waals surface area contributed by atoms with Crippen molar-refractivity contribution < 1.29 is 26.3 Å². The molecule has 0 radical (unpaired) electrons. The molecule has 0 unspecified atom stereocenters. The van der Waals surface area contributed by atoms with Gasteiger partial charge in [-0.05, 0) is 38.5 Å². The topological polar surface area (TPSA) is 83.0 Å². The smallest absolute Gasteiger partial charge is 0.381 e. The van der Waals surface area contributed by atoms with Gasteiger partial charge in [0.05, 0.1) is 0 Å². The minimum atomic E-state index is -5.24. The number of nitrogens with one attached hydrogen (secondary N) is 2. The number of guanidine groups is 1. The van der Waals surface area contributed by atoms with Crippen molar-refractivity contribution in [1.82, 2.24) is 14.9 Å². The van der Waals surface area contributed by atoms with Gasteiger partial charge in [0, 0.05) is 45.9 Å². The van der Waals surface area contributed by atoms with E-state index in [0.29, 0.717) is 49.3 Å². The molecular weight excluding hydrogens is 397 g/mol. The quantitative estimate of drug-likeness (QED) is 0.299. The van der Waals surface area contributed by atoms with Crippen LogP contribution in [0.2, 0.25) is 0 Å². The van der Waals surface area contributed by atoms with E-state index in [-0.39, 0.29) is 19.0 Å². The van der Waals surface area contributed by atoms with Crippen LogP contribution in [0.1, 0.15) is 46.0 Å². The van der Waals surface area contributed by atoms with Crippen LogP contribution in [0.25, 0.3) is 0 Å². The third kappa shape index (κ3) is 8.52. The molecule has 1 rings (SSSR count). The fraction of sp³-hybridized carbons (Fsp3) is 0.941. The van der Waals surface area contributed by atoms with Gasteiger partial charge in [-0.25, -0.2) is 8.42 Å². The van der Waals surface area contributed by atoms with Gasteiger partial charge in [-0.2, -0.15) is 17.5 Å². The van der Waals surface area contributed by atoms with Crippen molar-refractivity contribution >= 4 is 16.0 Å². The number of sulfonamides is 1. The standard InChI is InChI=1S/C17H33F3N4O3S/c1-3-5-12-27-13-6-9-22-16(21-4-2)23-14-15-7-10-24(11-8-15)28(25,26)17(18,19)20/h15H,3-14H2,1-2H3,(H2,21,22,23). The molecule has 0 aromatic carbocycles. The van der Waals surface area contributed by atoms with Crippen LogP contribution in [0.15, 0.2) is 4.99 Å². The number of halogens is 3. The molecule has 0 aliphatic carbocycles. The van der Waals surface area contributed by atoms with Gasteiger partial charge in [0.2, 0.25) is 0 Å². The fourth-order valence-corrected chi connectivity index (χ4v) is 3.75. The van der Waals surface area contributed by atoms with E-state index in [1.807, 2.05) is 6.92 Å². The van der Waals surface area contributed by atoms with Crippen LogP contribution in [0.4, 0.5) is 13.2 Å². The Kier molecular flexibility index (Phi) is 11.1. The third-order valence-electron chi connectivity index (χ3n) is 4.46. The lowest BCUT2D eigenvalue weighted by molar-refractivity contribution is -0.0496. The summed E-state index contributed by atoms with van der Waals surface area (Å²) in [6, 6.07) is 0. The van der Waals surface area contributed by atoms with Gasteiger partial charge >= 0.3 is 15.5 Å².